The highest BCUT2D eigenvalue weighted by Crippen LogP contribution is 2.20. The van der Waals surface area contributed by atoms with E-state index in [1.54, 1.807) is 24.9 Å². The Morgan fingerprint density at radius 1 is 1.47 bits per heavy atom. The number of aliphatic hydroxyl groups excluding tert-OH is 1. The van der Waals surface area contributed by atoms with Gasteiger partial charge in [-0.2, -0.15) is 0 Å². The van der Waals surface area contributed by atoms with E-state index >= 15 is 0 Å². The maximum atomic E-state index is 10.0. The van der Waals surface area contributed by atoms with Gasteiger partial charge in [0.05, 0.1) is 18.6 Å². The average molecular weight is 203 g/mol. The highest BCUT2D eigenvalue weighted by atomic mass is 16.3. The molecule has 0 radical (unpaired) electrons. The van der Waals surface area contributed by atoms with Gasteiger partial charge in [-0.1, -0.05) is 0 Å². The van der Waals surface area contributed by atoms with Crippen molar-refractivity contribution in [1.29, 1.82) is 0 Å². The Bertz CT molecular complexity index is 423. The van der Waals surface area contributed by atoms with Crippen LogP contribution in [0.4, 0.5) is 0 Å². The van der Waals surface area contributed by atoms with Crippen molar-refractivity contribution < 1.29 is 9.52 Å². The summed E-state index contributed by atoms with van der Waals surface area (Å²) in [5.74, 6) is 0. The summed E-state index contributed by atoms with van der Waals surface area (Å²) in [5, 5.41) is 10.0. The second kappa shape index (κ2) is 4.28. The predicted octanol–water partition coefficient (Wildman–Crippen LogP) is 2.26. The molecule has 0 aliphatic rings. The molecule has 1 atom stereocenters. The third kappa shape index (κ3) is 2.25. The molecular weight excluding hydrogens is 190 g/mol. The lowest BCUT2D eigenvalue weighted by atomic mass is 10.0. The van der Waals surface area contributed by atoms with Crippen LogP contribution >= 0.6 is 0 Å². The summed E-state index contributed by atoms with van der Waals surface area (Å²) in [6.07, 6.45) is 6.79. The van der Waals surface area contributed by atoms with Gasteiger partial charge < -0.3 is 9.52 Å². The number of hydrogen-bond acceptors (Lipinski definition) is 3. The van der Waals surface area contributed by atoms with Crippen molar-refractivity contribution in [3.05, 3.63) is 53.7 Å². The van der Waals surface area contributed by atoms with E-state index in [1.807, 2.05) is 19.1 Å². The smallest absolute Gasteiger partial charge is 0.0935 e. The summed E-state index contributed by atoms with van der Waals surface area (Å²) in [6, 6.07) is 3.71. The minimum absolute atomic E-state index is 0.495. The molecule has 3 heteroatoms. The van der Waals surface area contributed by atoms with Crippen molar-refractivity contribution in [2.75, 3.05) is 0 Å². The molecule has 2 aromatic rings. The molecule has 2 heterocycles. The van der Waals surface area contributed by atoms with E-state index in [-0.39, 0.29) is 0 Å². The molecule has 0 aromatic carbocycles. The molecule has 0 saturated heterocycles. The summed E-state index contributed by atoms with van der Waals surface area (Å²) >= 11 is 0. The molecule has 1 N–H and O–H groups in total. The molecular formula is C12H13NO2. The molecule has 15 heavy (non-hydrogen) atoms. The topological polar surface area (TPSA) is 46.3 Å². The average Bonchev–Trinajstić information content (AvgIpc) is 2.71. The van der Waals surface area contributed by atoms with Gasteiger partial charge in [0.1, 0.15) is 0 Å². The molecule has 0 bridgehead atoms. The van der Waals surface area contributed by atoms with Crippen LogP contribution in [0, 0.1) is 6.92 Å². The first kappa shape index (κ1) is 9.93. The number of rotatable bonds is 3. The second-order valence-electron chi connectivity index (χ2n) is 3.58. The Balaban J connectivity index is 2.15. The van der Waals surface area contributed by atoms with E-state index in [1.165, 1.54) is 0 Å². The summed E-state index contributed by atoms with van der Waals surface area (Å²) in [6.45, 7) is 1.95. The number of aromatic nitrogens is 1. The molecule has 0 amide bonds. The predicted molar refractivity (Wildman–Crippen MR) is 56.3 cm³/mol. The van der Waals surface area contributed by atoms with Gasteiger partial charge in [0.2, 0.25) is 0 Å². The first-order valence-corrected chi connectivity index (χ1v) is 4.87. The molecule has 1 unspecified atom stereocenters. The highest BCUT2D eigenvalue weighted by molar-refractivity contribution is 5.25. The molecule has 0 aliphatic heterocycles. The lowest BCUT2D eigenvalue weighted by molar-refractivity contribution is 0.177. The lowest BCUT2D eigenvalue weighted by Gasteiger charge is -2.11. The van der Waals surface area contributed by atoms with Crippen molar-refractivity contribution in [2.24, 2.45) is 0 Å². The minimum atomic E-state index is -0.495. The van der Waals surface area contributed by atoms with E-state index in [0.29, 0.717) is 6.42 Å². The van der Waals surface area contributed by atoms with Crippen LogP contribution in [0.15, 0.2) is 41.5 Å². The van der Waals surface area contributed by atoms with Gasteiger partial charge in [0.25, 0.3) is 0 Å². The molecule has 2 aromatic heterocycles. The maximum absolute atomic E-state index is 10.0. The Kier molecular flexibility index (Phi) is 2.83. The van der Waals surface area contributed by atoms with Gasteiger partial charge in [-0.3, -0.25) is 4.98 Å². The number of aliphatic hydroxyl groups is 1. The van der Waals surface area contributed by atoms with Crippen LogP contribution < -0.4 is 0 Å². The van der Waals surface area contributed by atoms with E-state index in [4.69, 9.17) is 4.42 Å². The quantitative estimate of drug-likeness (QED) is 0.832. The van der Waals surface area contributed by atoms with Gasteiger partial charge in [0.15, 0.2) is 0 Å². The van der Waals surface area contributed by atoms with Crippen LogP contribution in [0.25, 0.3) is 0 Å². The second-order valence-corrected chi connectivity index (χ2v) is 3.58. The zero-order valence-electron chi connectivity index (χ0n) is 8.55. The van der Waals surface area contributed by atoms with Gasteiger partial charge in [0, 0.05) is 18.8 Å². The van der Waals surface area contributed by atoms with Crippen molar-refractivity contribution >= 4 is 0 Å². The van der Waals surface area contributed by atoms with Crippen molar-refractivity contribution in [2.45, 2.75) is 19.4 Å². The van der Waals surface area contributed by atoms with E-state index in [9.17, 15) is 5.11 Å². The fourth-order valence-electron chi connectivity index (χ4n) is 1.60. The number of hydrogen-bond donors (Lipinski definition) is 1. The van der Waals surface area contributed by atoms with Crippen LogP contribution in [0.5, 0.6) is 0 Å². The zero-order chi connectivity index (χ0) is 10.7. The van der Waals surface area contributed by atoms with Crippen LogP contribution in [0.3, 0.4) is 0 Å². The third-order valence-electron chi connectivity index (χ3n) is 2.43. The Morgan fingerprint density at radius 3 is 3.00 bits per heavy atom. The summed E-state index contributed by atoms with van der Waals surface area (Å²) in [5.41, 5.74) is 2.93. The van der Waals surface area contributed by atoms with Gasteiger partial charge in [-0.15, -0.1) is 0 Å². The summed E-state index contributed by atoms with van der Waals surface area (Å²) in [4.78, 5) is 3.99. The summed E-state index contributed by atoms with van der Waals surface area (Å²) < 4.78 is 4.96. The minimum Gasteiger partial charge on any atom is -0.472 e. The van der Waals surface area contributed by atoms with E-state index in [2.05, 4.69) is 4.98 Å². The molecule has 3 nitrogen and oxygen atoms in total. The van der Waals surface area contributed by atoms with Crippen molar-refractivity contribution in [3.8, 4) is 0 Å². The monoisotopic (exact) mass is 203 g/mol. The normalized spacial score (nSPS) is 12.7. The van der Waals surface area contributed by atoms with Crippen LogP contribution in [-0.2, 0) is 6.42 Å². The molecule has 2 rings (SSSR count). The van der Waals surface area contributed by atoms with E-state index in [0.717, 1.165) is 16.7 Å². The Hall–Kier alpha value is -1.61. The fourth-order valence-corrected chi connectivity index (χ4v) is 1.60. The van der Waals surface area contributed by atoms with Crippen LogP contribution in [0.1, 0.15) is 22.8 Å². The molecule has 0 aliphatic carbocycles. The maximum Gasteiger partial charge on any atom is 0.0935 e. The third-order valence-corrected chi connectivity index (χ3v) is 2.43. The van der Waals surface area contributed by atoms with Gasteiger partial charge in [-0.05, 0) is 35.7 Å². The van der Waals surface area contributed by atoms with Crippen molar-refractivity contribution in [1.82, 2.24) is 4.98 Å². The van der Waals surface area contributed by atoms with Crippen LogP contribution in [0.2, 0.25) is 0 Å². The van der Waals surface area contributed by atoms with Gasteiger partial charge >= 0.3 is 0 Å². The lowest BCUT2D eigenvalue weighted by Crippen LogP contribution is -2.03. The van der Waals surface area contributed by atoms with Crippen molar-refractivity contribution in [3.63, 3.8) is 0 Å². The standard InChI is InChI=1S/C12H13NO2/c1-9-7-13-4-2-11(9)12(14)6-10-3-5-15-8-10/h2-5,7-8,12,14H,6H2,1H3. The Morgan fingerprint density at radius 2 is 2.33 bits per heavy atom. The first-order valence-electron chi connectivity index (χ1n) is 4.87. The SMILES string of the molecule is Cc1cnccc1C(O)Cc1ccoc1. The first-order chi connectivity index (χ1) is 7.27. The number of pyridine rings is 1. The van der Waals surface area contributed by atoms with Crippen LogP contribution in [-0.4, -0.2) is 10.1 Å². The molecule has 78 valence electrons. The fraction of sp³-hybridized carbons (Fsp3) is 0.250. The molecule has 0 saturated carbocycles. The number of furan rings is 1. The molecule has 0 fully saturated rings. The molecule has 0 spiro atoms. The Labute approximate surface area is 88.4 Å². The van der Waals surface area contributed by atoms with Gasteiger partial charge in [-0.25, -0.2) is 0 Å². The van der Waals surface area contributed by atoms with E-state index < -0.39 is 6.10 Å². The zero-order valence-corrected chi connectivity index (χ0v) is 8.55. The largest absolute Gasteiger partial charge is 0.472 e. The summed E-state index contributed by atoms with van der Waals surface area (Å²) in [7, 11) is 0. The number of nitrogens with zero attached hydrogens (tertiary/aromatic N) is 1. The number of aryl methyl sites for hydroxylation is 1. The highest BCUT2D eigenvalue weighted by Gasteiger charge is 2.11.